The molecule has 3 N–H and O–H groups in total. The number of amides is 1. The molecular formula is C20H32N4OS. The van der Waals surface area contributed by atoms with Crippen LogP contribution in [-0.4, -0.2) is 37.3 Å². The van der Waals surface area contributed by atoms with Gasteiger partial charge in [0.15, 0.2) is 5.96 Å². The minimum absolute atomic E-state index is 0.128. The van der Waals surface area contributed by atoms with Gasteiger partial charge in [0.25, 0.3) is 0 Å². The Morgan fingerprint density at radius 1 is 1.27 bits per heavy atom. The topological polar surface area (TPSA) is 65.5 Å². The molecule has 0 heterocycles. The molecule has 1 saturated carbocycles. The molecule has 0 radical (unpaired) electrons. The van der Waals surface area contributed by atoms with Crippen molar-refractivity contribution in [2.75, 3.05) is 19.3 Å². The van der Waals surface area contributed by atoms with Crippen molar-refractivity contribution in [2.24, 2.45) is 4.99 Å². The van der Waals surface area contributed by atoms with Crippen LogP contribution in [0.1, 0.15) is 50.2 Å². The fourth-order valence-corrected chi connectivity index (χ4v) is 3.85. The molecule has 1 amide bonds. The van der Waals surface area contributed by atoms with E-state index in [-0.39, 0.29) is 5.91 Å². The van der Waals surface area contributed by atoms with Gasteiger partial charge < -0.3 is 16.0 Å². The number of nitrogens with zero attached hydrogens (tertiary/aromatic N) is 1. The van der Waals surface area contributed by atoms with Gasteiger partial charge in [0.05, 0.1) is 6.54 Å². The Morgan fingerprint density at radius 3 is 2.73 bits per heavy atom. The summed E-state index contributed by atoms with van der Waals surface area (Å²) >= 11 is 1.75. The first-order chi connectivity index (χ1) is 12.6. The molecule has 1 aliphatic rings. The average Bonchev–Trinajstić information content (AvgIpc) is 3.13. The summed E-state index contributed by atoms with van der Waals surface area (Å²) in [5.41, 5.74) is 2.49. The van der Waals surface area contributed by atoms with Gasteiger partial charge in [-0.05, 0) is 50.1 Å². The lowest BCUT2D eigenvalue weighted by atomic mass is 10.1. The van der Waals surface area contributed by atoms with Crippen molar-refractivity contribution >= 4 is 23.6 Å². The second-order valence-electron chi connectivity index (χ2n) is 6.74. The number of hydrogen-bond donors (Lipinski definition) is 3. The maximum Gasteiger partial charge on any atom is 0.221 e. The Kier molecular flexibility index (Phi) is 8.81. The minimum atomic E-state index is 0.128. The maximum absolute atomic E-state index is 12.0. The number of aliphatic imine (C=N–C) groups is 1. The van der Waals surface area contributed by atoms with Gasteiger partial charge in [0.2, 0.25) is 5.91 Å². The third-order valence-electron chi connectivity index (χ3n) is 4.56. The maximum atomic E-state index is 12.0. The molecule has 0 aliphatic heterocycles. The average molecular weight is 377 g/mol. The standard InChI is InChI=1S/C20H32N4OS/c1-4-21-20(22-12-11-19(25)24-17-7-5-6-8-17)23-14-16-10-9-15(2)13-18(16)26-3/h9-10,13,17H,4-8,11-12,14H2,1-3H3,(H,24,25)(H2,21,22,23). The number of carbonyl (C=O) groups excluding carboxylic acids is 1. The zero-order chi connectivity index (χ0) is 18.8. The first-order valence-electron chi connectivity index (χ1n) is 9.57. The molecule has 26 heavy (non-hydrogen) atoms. The van der Waals surface area contributed by atoms with Crippen LogP contribution in [0, 0.1) is 6.92 Å². The Balaban J connectivity index is 1.83. The lowest BCUT2D eigenvalue weighted by Crippen LogP contribution is -2.40. The number of aryl methyl sites for hydroxylation is 1. The van der Waals surface area contributed by atoms with Crippen LogP contribution in [-0.2, 0) is 11.3 Å². The fraction of sp³-hybridized carbons (Fsp3) is 0.600. The van der Waals surface area contributed by atoms with Gasteiger partial charge in [-0.25, -0.2) is 4.99 Å². The lowest BCUT2D eigenvalue weighted by Gasteiger charge is -2.14. The number of guanidine groups is 1. The molecule has 6 heteroatoms. The highest BCUT2D eigenvalue weighted by Crippen LogP contribution is 2.22. The van der Waals surface area contributed by atoms with Crippen molar-refractivity contribution in [3.05, 3.63) is 29.3 Å². The van der Waals surface area contributed by atoms with Crippen molar-refractivity contribution in [3.8, 4) is 0 Å². The molecule has 0 saturated heterocycles. The number of rotatable bonds is 8. The molecule has 0 unspecified atom stereocenters. The minimum Gasteiger partial charge on any atom is -0.357 e. The quantitative estimate of drug-likeness (QED) is 0.370. The summed E-state index contributed by atoms with van der Waals surface area (Å²) in [6, 6.07) is 6.85. The number of benzene rings is 1. The predicted molar refractivity (Wildman–Crippen MR) is 111 cm³/mol. The summed E-state index contributed by atoms with van der Waals surface area (Å²) in [5, 5.41) is 9.64. The van der Waals surface area contributed by atoms with E-state index in [0.717, 1.165) is 25.3 Å². The summed E-state index contributed by atoms with van der Waals surface area (Å²) in [7, 11) is 0. The van der Waals surface area contributed by atoms with Crippen molar-refractivity contribution in [1.82, 2.24) is 16.0 Å². The molecule has 2 rings (SSSR count). The summed E-state index contributed by atoms with van der Waals surface area (Å²) in [4.78, 5) is 18.0. The van der Waals surface area contributed by atoms with E-state index < -0.39 is 0 Å². The summed E-state index contributed by atoms with van der Waals surface area (Å²) < 4.78 is 0. The zero-order valence-electron chi connectivity index (χ0n) is 16.2. The van der Waals surface area contributed by atoms with Gasteiger partial charge in [0.1, 0.15) is 0 Å². The van der Waals surface area contributed by atoms with Crippen LogP contribution >= 0.6 is 11.8 Å². The highest BCUT2D eigenvalue weighted by molar-refractivity contribution is 7.98. The van der Waals surface area contributed by atoms with Crippen LogP contribution in [0.5, 0.6) is 0 Å². The highest BCUT2D eigenvalue weighted by Gasteiger charge is 2.16. The molecular weight excluding hydrogens is 344 g/mol. The van der Waals surface area contributed by atoms with Crippen molar-refractivity contribution in [1.29, 1.82) is 0 Å². The van der Waals surface area contributed by atoms with E-state index in [0.29, 0.717) is 25.6 Å². The summed E-state index contributed by atoms with van der Waals surface area (Å²) in [6.45, 7) is 6.16. The van der Waals surface area contributed by atoms with E-state index in [1.165, 1.54) is 28.9 Å². The lowest BCUT2D eigenvalue weighted by molar-refractivity contribution is -0.121. The van der Waals surface area contributed by atoms with E-state index in [2.05, 4.69) is 52.3 Å². The molecule has 0 aromatic heterocycles. The van der Waals surface area contributed by atoms with E-state index in [4.69, 9.17) is 0 Å². The van der Waals surface area contributed by atoms with Gasteiger partial charge >= 0.3 is 0 Å². The molecule has 1 aromatic rings. The Labute approximate surface area is 161 Å². The van der Waals surface area contributed by atoms with E-state index >= 15 is 0 Å². The van der Waals surface area contributed by atoms with Crippen molar-refractivity contribution in [2.45, 2.75) is 63.4 Å². The van der Waals surface area contributed by atoms with Gasteiger partial charge in [-0.1, -0.05) is 25.0 Å². The third-order valence-corrected chi connectivity index (χ3v) is 5.38. The smallest absolute Gasteiger partial charge is 0.221 e. The van der Waals surface area contributed by atoms with Crippen LogP contribution in [0.3, 0.4) is 0 Å². The number of nitrogens with one attached hydrogen (secondary N) is 3. The van der Waals surface area contributed by atoms with Gasteiger partial charge in [0, 0.05) is 30.4 Å². The van der Waals surface area contributed by atoms with Gasteiger partial charge in [-0.3, -0.25) is 4.79 Å². The fourth-order valence-electron chi connectivity index (χ4n) is 3.15. The number of carbonyl (C=O) groups is 1. The van der Waals surface area contributed by atoms with Crippen LogP contribution in [0.25, 0.3) is 0 Å². The zero-order valence-corrected chi connectivity index (χ0v) is 17.0. The second kappa shape index (κ2) is 11.1. The molecule has 0 bridgehead atoms. The van der Waals surface area contributed by atoms with E-state index in [9.17, 15) is 4.79 Å². The van der Waals surface area contributed by atoms with Crippen LogP contribution in [0.15, 0.2) is 28.1 Å². The molecule has 0 spiro atoms. The summed E-state index contributed by atoms with van der Waals surface area (Å²) in [6.07, 6.45) is 7.28. The Hall–Kier alpha value is -1.69. The van der Waals surface area contributed by atoms with Crippen molar-refractivity contribution in [3.63, 3.8) is 0 Å². The van der Waals surface area contributed by atoms with Crippen LogP contribution < -0.4 is 16.0 Å². The second-order valence-corrected chi connectivity index (χ2v) is 7.58. The first kappa shape index (κ1) is 20.6. The third kappa shape index (κ3) is 6.90. The SMILES string of the molecule is CCNC(=NCc1ccc(C)cc1SC)NCCC(=O)NC1CCCC1. The molecule has 1 fully saturated rings. The van der Waals surface area contributed by atoms with E-state index in [1.807, 2.05) is 6.92 Å². The predicted octanol–water partition coefficient (Wildman–Crippen LogP) is 3.22. The van der Waals surface area contributed by atoms with Crippen molar-refractivity contribution < 1.29 is 4.79 Å². The van der Waals surface area contributed by atoms with Gasteiger partial charge in [-0.15, -0.1) is 11.8 Å². The molecule has 0 atom stereocenters. The molecule has 1 aromatic carbocycles. The molecule has 1 aliphatic carbocycles. The largest absolute Gasteiger partial charge is 0.357 e. The van der Waals surface area contributed by atoms with Gasteiger partial charge in [-0.2, -0.15) is 0 Å². The Morgan fingerprint density at radius 2 is 2.04 bits per heavy atom. The van der Waals surface area contributed by atoms with Crippen LogP contribution in [0.4, 0.5) is 0 Å². The van der Waals surface area contributed by atoms with Crippen LogP contribution in [0.2, 0.25) is 0 Å². The number of thioether (sulfide) groups is 1. The number of hydrogen-bond acceptors (Lipinski definition) is 3. The molecule has 5 nitrogen and oxygen atoms in total. The Bertz CT molecular complexity index is 612. The molecule has 144 valence electrons. The normalized spacial score (nSPS) is 15.1. The van der Waals surface area contributed by atoms with E-state index in [1.54, 1.807) is 11.8 Å². The first-order valence-corrected chi connectivity index (χ1v) is 10.8. The monoisotopic (exact) mass is 376 g/mol. The summed E-state index contributed by atoms with van der Waals surface area (Å²) in [5.74, 6) is 0.886. The highest BCUT2D eigenvalue weighted by atomic mass is 32.2.